The molecule has 0 saturated heterocycles. The standard InChI is InChI=1S/C12H15ClN2O5S/c1-12(2,11(14)18)6-15-21(19,20)7-3-4-9(13)8(5-7)10(16)17/h3-5,15H,6H2,1-2H3,(H2,14,18)(H,16,17). The molecule has 0 spiro atoms. The number of aromatic carboxylic acids is 1. The summed E-state index contributed by atoms with van der Waals surface area (Å²) in [6.07, 6.45) is 0. The second-order valence-corrected chi connectivity index (χ2v) is 7.19. The Hall–Kier alpha value is -1.64. The fourth-order valence-electron chi connectivity index (χ4n) is 1.28. The molecule has 116 valence electrons. The highest BCUT2D eigenvalue weighted by atomic mass is 35.5. The minimum atomic E-state index is -3.98. The van der Waals surface area contributed by atoms with Crippen molar-refractivity contribution in [3.05, 3.63) is 28.8 Å². The number of halogens is 1. The van der Waals surface area contributed by atoms with Crippen LogP contribution in [0.4, 0.5) is 0 Å². The third-order valence-electron chi connectivity index (χ3n) is 2.85. The first kappa shape index (κ1) is 17.4. The first-order valence-electron chi connectivity index (χ1n) is 5.80. The van der Waals surface area contributed by atoms with Crippen LogP contribution in [-0.4, -0.2) is 31.9 Å². The number of primary amides is 1. The smallest absolute Gasteiger partial charge is 0.337 e. The van der Waals surface area contributed by atoms with Gasteiger partial charge in [-0.05, 0) is 32.0 Å². The number of carboxylic acid groups (broad SMARTS) is 1. The summed E-state index contributed by atoms with van der Waals surface area (Å²) in [5.74, 6) is -2.00. The normalized spacial score (nSPS) is 12.1. The molecule has 9 heteroatoms. The van der Waals surface area contributed by atoms with Gasteiger partial charge in [0.1, 0.15) is 0 Å². The van der Waals surface area contributed by atoms with Crippen LogP contribution in [-0.2, 0) is 14.8 Å². The maximum absolute atomic E-state index is 12.1. The van der Waals surface area contributed by atoms with Gasteiger partial charge in [0.25, 0.3) is 0 Å². The van der Waals surface area contributed by atoms with Gasteiger partial charge in [-0.2, -0.15) is 0 Å². The van der Waals surface area contributed by atoms with E-state index >= 15 is 0 Å². The molecule has 1 rings (SSSR count). The minimum Gasteiger partial charge on any atom is -0.478 e. The number of rotatable bonds is 6. The molecule has 7 nitrogen and oxygen atoms in total. The minimum absolute atomic E-state index is 0.0704. The zero-order valence-corrected chi connectivity index (χ0v) is 13.0. The van der Waals surface area contributed by atoms with Gasteiger partial charge >= 0.3 is 5.97 Å². The van der Waals surface area contributed by atoms with E-state index in [-0.39, 0.29) is 22.0 Å². The molecule has 0 aliphatic rings. The molecular formula is C12H15ClN2O5S. The molecule has 0 aliphatic carbocycles. The highest BCUT2D eigenvalue weighted by Gasteiger charge is 2.28. The second kappa shape index (κ2) is 6.00. The summed E-state index contributed by atoms with van der Waals surface area (Å²) in [5.41, 5.74) is 3.75. The first-order chi connectivity index (χ1) is 9.47. The van der Waals surface area contributed by atoms with Gasteiger partial charge < -0.3 is 10.8 Å². The van der Waals surface area contributed by atoms with Crippen LogP contribution in [0.15, 0.2) is 23.1 Å². The van der Waals surface area contributed by atoms with Crippen molar-refractivity contribution < 1.29 is 23.1 Å². The Morgan fingerprint density at radius 2 is 1.95 bits per heavy atom. The summed E-state index contributed by atoms with van der Waals surface area (Å²) >= 11 is 5.68. The van der Waals surface area contributed by atoms with Gasteiger partial charge in [0.05, 0.1) is 20.9 Å². The molecular weight excluding hydrogens is 320 g/mol. The number of sulfonamides is 1. The maximum atomic E-state index is 12.1. The number of nitrogens with two attached hydrogens (primary N) is 1. The number of nitrogens with one attached hydrogen (secondary N) is 1. The topological polar surface area (TPSA) is 127 Å². The number of carbonyl (C=O) groups is 2. The fourth-order valence-corrected chi connectivity index (χ4v) is 2.72. The van der Waals surface area contributed by atoms with Crippen molar-refractivity contribution in [2.75, 3.05) is 6.54 Å². The van der Waals surface area contributed by atoms with E-state index in [1.165, 1.54) is 26.0 Å². The van der Waals surface area contributed by atoms with E-state index in [4.69, 9.17) is 22.4 Å². The van der Waals surface area contributed by atoms with Crippen LogP contribution in [0, 0.1) is 5.41 Å². The van der Waals surface area contributed by atoms with E-state index in [1.54, 1.807) is 0 Å². The molecule has 0 aliphatic heterocycles. The number of amides is 1. The molecule has 0 atom stereocenters. The van der Waals surface area contributed by atoms with Crippen LogP contribution >= 0.6 is 11.6 Å². The Labute approximate surface area is 127 Å². The quantitative estimate of drug-likeness (QED) is 0.710. The van der Waals surface area contributed by atoms with E-state index in [2.05, 4.69) is 4.72 Å². The molecule has 1 aromatic carbocycles. The molecule has 0 aromatic heterocycles. The Bertz CT molecular complexity index is 685. The van der Waals surface area contributed by atoms with E-state index in [0.29, 0.717) is 0 Å². The lowest BCUT2D eigenvalue weighted by atomic mass is 9.93. The lowest BCUT2D eigenvalue weighted by molar-refractivity contribution is -0.125. The van der Waals surface area contributed by atoms with Gasteiger partial charge in [0, 0.05) is 6.54 Å². The fraction of sp³-hybridized carbons (Fsp3) is 0.333. The van der Waals surface area contributed by atoms with Crippen molar-refractivity contribution in [1.29, 1.82) is 0 Å². The summed E-state index contributed by atoms with van der Waals surface area (Å²) in [5, 5.41) is 8.86. The van der Waals surface area contributed by atoms with Gasteiger partial charge in [-0.25, -0.2) is 17.9 Å². The third-order valence-corrected chi connectivity index (χ3v) is 4.58. The van der Waals surface area contributed by atoms with E-state index in [1.807, 2.05) is 0 Å². The summed E-state index contributed by atoms with van der Waals surface area (Å²) < 4.78 is 26.4. The van der Waals surface area contributed by atoms with Crippen LogP contribution < -0.4 is 10.5 Å². The lowest BCUT2D eigenvalue weighted by Gasteiger charge is -2.20. The first-order valence-corrected chi connectivity index (χ1v) is 7.66. The van der Waals surface area contributed by atoms with Crippen molar-refractivity contribution in [2.24, 2.45) is 11.1 Å². The second-order valence-electron chi connectivity index (χ2n) is 5.02. The van der Waals surface area contributed by atoms with Gasteiger partial charge in [-0.15, -0.1) is 0 Å². The average molecular weight is 335 g/mol. The summed E-state index contributed by atoms with van der Waals surface area (Å²) in [6, 6.07) is 3.30. The Kier molecular flexibility index (Phi) is 4.98. The predicted octanol–water partition coefficient (Wildman–Crippen LogP) is 0.828. The molecule has 0 saturated carbocycles. The predicted molar refractivity (Wildman–Crippen MR) is 76.6 cm³/mol. The number of carboxylic acids is 1. The summed E-state index contributed by atoms with van der Waals surface area (Å²) in [4.78, 5) is 21.8. The van der Waals surface area contributed by atoms with Crippen LogP contribution in [0.1, 0.15) is 24.2 Å². The van der Waals surface area contributed by atoms with Crippen molar-refractivity contribution >= 4 is 33.5 Å². The van der Waals surface area contributed by atoms with E-state index in [0.717, 1.165) is 6.07 Å². The monoisotopic (exact) mass is 334 g/mol. The summed E-state index contributed by atoms with van der Waals surface area (Å²) in [7, 11) is -3.98. The van der Waals surface area contributed by atoms with Gasteiger partial charge in [-0.3, -0.25) is 4.79 Å². The molecule has 1 amide bonds. The number of hydrogen-bond acceptors (Lipinski definition) is 4. The molecule has 1 aromatic rings. The molecule has 4 N–H and O–H groups in total. The van der Waals surface area contributed by atoms with Crippen molar-refractivity contribution in [1.82, 2.24) is 4.72 Å². The highest BCUT2D eigenvalue weighted by molar-refractivity contribution is 7.89. The average Bonchev–Trinajstić information content (AvgIpc) is 2.36. The summed E-state index contributed by atoms with van der Waals surface area (Å²) in [6.45, 7) is 2.76. The molecule has 0 fully saturated rings. The Morgan fingerprint density at radius 1 is 1.38 bits per heavy atom. The molecule has 0 heterocycles. The molecule has 21 heavy (non-hydrogen) atoms. The van der Waals surface area contributed by atoms with Crippen molar-refractivity contribution in [2.45, 2.75) is 18.7 Å². The van der Waals surface area contributed by atoms with Gasteiger partial charge in [0.2, 0.25) is 15.9 Å². The number of benzene rings is 1. The molecule has 0 bridgehead atoms. The van der Waals surface area contributed by atoms with Gasteiger partial charge in [-0.1, -0.05) is 11.6 Å². The van der Waals surface area contributed by atoms with Gasteiger partial charge in [0.15, 0.2) is 0 Å². The zero-order valence-electron chi connectivity index (χ0n) is 11.4. The van der Waals surface area contributed by atoms with Crippen LogP contribution in [0.3, 0.4) is 0 Å². The number of carbonyl (C=O) groups excluding carboxylic acids is 1. The zero-order chi connectivity index (χ0) is 16.4. The van der Waals surface area contributed by atoms with Crippen LogP contribution in [0.25, 0.3) is 0 Å². The molecule has 0 radical (unpaired) electrons. The highest BCUT2D eigenvalue weighted by Crippen LogP contribution is 2.21. The Balaban J connectivity index is 3.07. The van der Waals surface area contributed by atoms with Crippen molar-refractivity contribution in [3.63, 3.8) is 0 Å². The molecule has 0 unspecified atom stereocenters. The van der Waals surface area contributed by atoms with E-state index < -0.39 is 27.3 Å². The SMILES string of the molecule is CC(C)(CNS(=O)(=O)c1ccc(Cl)c(C(=O)O)c1)C(N)=O. The third kappa shape index (κ3) is 4.16. The largest absolute Gasteiger partial charge is 0.478 e. The Morgan fingerprint density at radius 3 is 2.43 bits per heavy atom. The van der Waals surface area contributed by atoms with E-state index in [9.17, 15) is 18.0 Å². The van der Waals surface area contributed by atoms with Crippen LogP contribution in [0.2, 0.25) is 5.02 Å². The van der Waals surface area contributed by atoms with Crippen molar-refractivity contribution in [3.8, 4) is 0 Å². The van der Waals surface area contributed by atoms with Crippen LogP contribution in [0.5, 0.6) is 0 Å². The number of hydrogen-bond donors (Lipinski definition) is 3. The maximum Gasteiger partial charge on any atom is 0.337 e. The lowest BCUT2D eigenvalue weighted by Crippen LogP contribution is -2.42.